The van der Waals surface area contributed by atoms with Gasteiger partial charge in [-0.3, -0.25) is 0 Å². The first-order chi connectivity index (χ1) is 34.2. The summed E-state index contributed by atoms with van der Waals surface area (Å²) in [4.78, 5) is 15.7. The van der Waals surface area contributed by atoms with Crippen molar-refractivity contribution in [3.63, 3.8) is 0 Å². The van der Waals surface area contributed by atoms with Crippen molar-refractivity contribution in [2.24, 2.45) is 0 Å². The van der Waals surface area contributed by atoms with Gasteiger partial charge in [0, 0.05) is 70.9 Å². The summed E-state index contributed by atoms with van der Waals surface area (Å²) in [6, 6.07) is 79.8. The molecule has 0 bridgehead atoms. The largest absolute Gasteiger partial charge is 0.455 e. The molecule has 15 rings (SSSR count). The van der Waals surface area contributed by atoms with Crippen LogP contribution in [0.1, 0.15) is 0 Å². The zero-order valence-corrected chi connectivity index (χ0v) is 37.0. The first kappa shape index (κ1) is 37.8. The Labute approximate surface area is 394 Å². The molecule has 0 aliphatic rings. The second-order valence-electron chi connectivity index (χ2n) is 18.0. The monoisotopic (exact) mass is 879 g/mol. The lowest BCUT2D eigenvalue weighted by Gasteiger charge is -2.14. The van der Waals surface area contributed by atoms with E-state index in [9.17, 15) is 0 Å². The molecule has 4 heterocycles. The number of hydrogen-bond acceptors (Lipinski definition) is 4. The Bertz CT molecular complexity index is 4600. The summed E-state index contributed by atoms with van der Waals surface area (Å²) in [5, 5.41) is 13.8. The van der Waals surface area contributed by atoms with Gasteiger partial charge in [-0.1, -0.05) is 152 Å². The Morgan fingerprint density at radius 3 is 1.67 bits per heavy atom. The molecule has 0 spiro atoms. The first-order valence-corrected chi connectivity index (χ1v) is 23.3. The van der Waals surface area contributed by atoms with E-state index in [1.54, 1.807) is 0 Å². The van der Waals surface area contributed by atoms with E-state index >= 15 is 0 Å². The number of benzene rings is 11. The molecular weight excluding hydrogens is 843 g/mol. The molecule has 0 aliphatic carbocycles. The number of aromatic nitrogens is 5. The summed E-state index contributed by atoms with van der Waals surface area (Å²) < 4.78 is 11.7. The maximum atomic E-state index is 6.86. The van der Waals surface area contributed by atoms with Crippen molar-refractivity contribution in [3.05, 3.63) is 224 Å². The number of para-hydroxylation sites is 2. The first-order valence-electron chi connectivity index (χ1n) is 23.3. The molecule has 15 aromatic rings. The minimum Gasteiger partial charge on any atom is -0.455 e. The fraction of sp³-hybridized carbons (Fsp3) is 0. The lowest BCUT2D eigenvalue weighted by molar-refractivity contribution is 0.672. The van der Waals surface area contributed by atoms with Crippen LogP contribution in [-0.2, 0) is 0 Å². The van der Waals surface area contributed by atoms with E-state index in [0.717, 1.165) is 82.7 Å². The summed E-state index contributed by atoms with van der Waals surface area (Å²) in [5.74, 6) is 1.80. The SMILES string of the molecule is c1ccc(-c2nc(-c3ccc4oc5c6ccccc6c(-n6c7cc8ccccc8cc7c7ccc8ccccc8c76)cc5c4c3)nc(-c3ccc4c(c3)c3ccccc3n4-c3ccccc3)n2)cc1. The van der Waals surface area contributed by atoms with Crippen LogP contribution in [0.25, 0.3) is 143 Å². The van der Waals surface area contributed by atoms with Crippen LogP contribution in [0.4, 0.5) is 0 Å². The van der Waals surface area contributed by atoms with Crippen LogP contribution in [0.15, 0.2) is 229 Å². The van der Waals surface area contributed by atoms with Crippen LogP contribution in [0.3, 0.4) is 0 Å². The Morgan fingerprint density at radius 1 is 0.304 bits per heavy atom. The molecule has 6 heteroatoms. The number of hydrogen-bond donors (Lipinski definition) is 0. The molecule has 0 radical (unpaired) electrons. The molecule has 0 atom stereocenters. The van der Waals surface area contributed by atoms with Crippen LogP contribution in [0.2, 0.25) is 0 Å². The van der Waals surface area contributed by atoms with Gasteiger partial charge in [-0.05, 0) is 89.0 Å². The lowest BCUT2D eigenvalue weighted by atomic mass is 10.0. The molecule has 69 heavy (non-hydrogen) atoms. The molecule has 0 amide bonds. The summed E-state index contributed by atoms with van der Waals surface area (Å²) in [6.45, 7) is 0. The van der Waals surface area contributed by atoms with Gasteiger partial charge in [0.2, 0.25) is 0 Å². The zero-order valence-electron chi connectivity index (χ0n) is 37.0. The molecule has 0 fully saturated rings. The van der Waals surface area contributed by atoms with Gasteiger partial charge in [0.15, 0.2) is 17.5 Å². The summed E-state index contributed by atoms with van der Waals surface area (Å²) >= 11 is 0. The molecule has 0 aliphatic heterocycles. The normalized spacial score (nSPS) is 12.1. The highest BCUT2D eigenvalue weighted by Gasteiger charge is 2.22. The summed E-state index contributed by atoms with van der Waals surface area (Å²) in [5.41, 5.74) is 11.2. The van der Waals surface area contributed by atoms with E-state index < -0.39 is 0 Å². The van der Waals surface area contributed by atoms with Gasteiger partial charge < -0.3 is 13.6 Å². The van der Waals surface area contributed by atoms with Gasteiger partial charge in [0.25, 0.3) is 0 Å². The van der Waals surface area contributed by atoms with Crippen LogP contribution in [0, 0.1) is 0 Å². The van der Waals surface area contributed by atoms with Crippen molar-refractivity contribution in [2.75, 3.05) is 0 Å². The van der Waals surface area contributed by atoms with Crippen molar-refractivity contribution in [1.29, 1.82) is 0 Å². The smallest absolute Gasteiger partial charge is 0.164 e. The predicted molar refractivity (Wildman–Crippen MR) is 285 cm³/mol. The fourth-order valence-electron chi connectivity index (χ4n) is 10.9. The maximum Gasteiger partial charge on any atom is 0.164 e. The Hall–Kier alpha value is -9.39. The number of rotatable bonds is 5. The molecule has 0 unspecified atom stereocenters. The predicted octanol–water partition coefficient (Wildman–Crippen LogP) is 16.4. The van der Waals surface area contributed by atoms with Crippen LogP contribution in [0.5, 0.6) is 0 Å². The quantitative estimate of drug-likeness (QED) is 0.173. The van der Waals surface area contributed by atoms with E-state index in [4.69, 9.17) is 19.4 Å². The van der Waals surface area contributed by atoms with Crippen molar-refractivity contribution in [2.45, 2.75) is 0 Å². The second-order valence-corrected chi connectivity index (χ2v) is 18.0. The van der Waals surface area contributed by atoms with Crippen LogP contribution >= 0.6 is 0 Å². The maximum absolute atomic E-state index is 6.86. The fourth-order valence-corrected chi connectivity index (χ4v) is 10.9. The van der Waals surface area contributed by atoms with E-state index in [-0.39, 0.29) is 0 Å². The average Bonchev–Trinajstić information content (AvgIpc) is 4.07. The average molecular weight is 880 g/mol. The standard InChI is InChI=1S/C63H37N5O/c1-3-16-39(17-4-1)61-64-62(42-28-31-55-50(34-42)47-24-13-14-26-54(47)67(55)44-20-5-2-6-21-44)66-63(65-61)43-29-32-58-52(35-43)53-37-57(46-23-11-12-25-49(46)60(53)69-58)68-56-36-41-19-8-7-18-40(41)33-51(56)48-30-27-38-15-9-10-22-45(38)59(48)68/h1-37H. The molecule has 11 aromatic carbocycles. The highest BCUT2D eigenvalue weighted by atomic mass is 16.3. The van der Waals surface area contributed by atoms with Gasteiger partial charge in [-0.2, -0.15) is 0 Å². The molecule has 6 nitrogen and oxygen atoms in total. The minimum absolute atomic E-state index is 0.587. The molecule has 0 saturated carbocycles. The Morgan fingerprint density at radius 2 is 0.884 bits per heavy atom. The van der Waals surface area contributed by atoms with Crippen molar-refractivity contribution >= 4 is 97.9 Å². The molecule has 320 valence electrons. The third-order valence-electron chi connectivity index (χ3n) is 14.1. The molecule has 0 saturated heterocycles. The van der Waals surface area contributed by atoms with E-state index in [0.29, 0.717) is 17.5 Å². The van der Waals surface area contributed by atoms with Gasteiger partial charge in [-0.25, -0.2) is 15.0 Å². The van der Waals surface area contributed by atoms with Gasteiger partial charge >= 0.3 is 0 Å². The van der Waals surface area contributed by atoms with E-state index in [2.05, 4.69) is 215 Å². The zero-order chi connectivity index (χ0) is 45.2. The van der Waals surface area contributed by atoms with Crippen LogP contribution in [-0.4, -0.2) is 24.1 Å². The Balaban J connectivity index is 0.964. The lowest BCUT2D eigenvalue weighted by Crippen LogP contribution is -2.00. The molecule has 0 N–H and O–H groups in total. The summed E-state index contributed by atoms with van der Waals surface area (Å²) in [6.07, 6.45) is 0. The minimum atomic E-state index is 0.587. The third-order valence-corrected chi connectivity index (χ3v) is 14.1. The number of nitrogens with zero attached hydrogens (tertiary/aromatic N) is 5. The molecule has 4 aromatic heterocycles. The van der Waals surface area contributed by atoms with Gasteiger partial charge in [0.05, 0.1) is 27.8 Å². The third kappa shape index (κ3) is 5.69. The second kappa shape index (κ2) is 14.6. The summed E-state index contributed by atoms with van der Waals surface area (Å²) in [7, 11) is 0. The van der Waals surface area contributed by atoms with Gasteiger partial charge in [-0.15, -0.1) is 0 Å². The van der Waals surface area contributed by atoms with E-state index in [1.807, 2.05) is 18.2 Å². The van der Waals surface area contributed by atoms with Crippen molar-refractivity contribution in [1.82, 2.24) is 24.1 Å². The number of furan rings is 1. The Kier molecular flexibility index (Phi) is 7.97. The van der Waals surface area contributed by atoms with Crippen molar-refractivity contribution < 1.29 is 4.42 Å². The van der Waals surface area contributed by atoms with Crippen LogP contribution < -0.4 is 0 Å². The van der Waals surface area contributed by atoms with Crippen molar-refractivity contribution in [3.8, 4) is 45.5 Å². The van der Waals surface area contributed by atoms with Gasteiger partial charge in [0.1, 0.15) is 11.2 Å². The topological polar surface area (TPSA) is 61.7 Å². The highest BCUT2D eigenvalue weighted by molar-refractivity contribution is 6.23. The number of fused-ring (bicyclic) bond motifs is 14. The molecular formula is C63H37N5O. The highest BCUT2D eigenvalue weighted by Crippen LogP contribution is 2.44. The van der Waals surface area contributed by atoms with E-state index in [1.165, 1.54) is 43.2 Å².